The monoisotopic (exact) mass is 394 g/mol. The summed E-state index contributed by atoms with van der Waals surface area (Å²) >= 11 is 1.45. The zero-order chi connectivity index (χ0) is 19.5. The molecule has 2 aromatic heterocycles. The predicted octanol–water partition coefficient (Wildman–Crippen LogP) is 4.75. The first-order valence-electron chi connectivity index (χ1n) is 8.62. The molecule has 0 N–H and O–H groups in total. The molecule has 2 aromatic carbocycles. The zero-order valence-corrected chi connectivity index (χ0v) is 16.2. The average molecular weight is 394 g/mol. The van der Waals surface area contributed by atoms with Crippen molar-refractivity contribution in [1.29, 1.82) is 0 Å². The van der Waals surface area contributed by atoms with Crippen LogP contribution in [-0.2, 0) is 6.54 Å². The van der Waals surface area contributed by atoms with Crippen molar-refractivity contribution in [2.45, 2.75) is 6.54 Å². The molecule has 2 heterocycles. The van der Waals surface area contributed by atoms with Gasteiger partial charge in [-0.25, -0.2) is 4.98 Å². The maximum absolute atomic E-state index is 13.5. The van der Waals surface area contributed by atoms with E-state index in [4.69, 9.17) is 13.9 Å². The number of benzene rings is 2. The van der Waals surface area contributed by atoms with Crippen LogP contribution in [-0.4, -0.2) is 25.1 Å². The number of nitrogens with zero attached hydrogens (tertiary/aromatic N) is 2. The second-order valence-corrected chi connectivity index (χ2v) is 6.99. The Kier molecular flexibility index (Phi) is 4.99. The smallest absolute Gasteiger partial charge is 0.264 e. The number of rotatable bonds is 6. The molecule has 0 spiro atoms. The Balaban J connectivity index is 1.80. The van der Waals surface area contributed by atoms with E-state index in [1.165, 1.54) is 18.4 Å². The molecule has 0 aliphatic rings. The van der Waals surface area contributed by atoms with Crippen molar-refractivity contribution in [1.82, 2.24) is 4.98 Å². The number of hydrogen-bond donors (Lipinski definition) is 0. The first-order valence-corrected chi connectivity index (χ1v) is 9.43. The van der Waals surface area contributed by atoms with Gasteiger partial charge in [-0.3, -0.25) is 9.69 Å². The van der Waals surface area contributed by atoms with Crippen LogP contribution in [0.1, 0.15) is 16.1 Å². The Hall–Kier alpha value is -3.32. The summed E-state index contributed by atoms with van der Waals surface area (Å²) in [6.45, 7) is 0.256. The fourth-order valence-electron chi connectivity index (χ4n) is 2.96. The van der Waals surface area contributed by atoms with E-state index in [0.717, 1.165) is 10.2 Å². The van der Waals surface area contributed by atoms with Crippen LogP contribution in [0.2, 0.25) is 0 Å². The molecule has 0 aliphatic carbocycles. The summed E-state index contributed by atoms with van der Waals surface area (Å²) in [5.41, 5.74) is 1.24. The number of ether oxygens (including phenoxy) is 2. The number of aromatic nitrogens is 1. The maximum atomic E-state index is 13.5. The van der Waals surface area contributed by atoms with Gasteiger partial charge in [0.1, 0.15) is 5.76 Å². The number of thiazole rings is 1. The zero-order valence-electron chi connectivity index (χ0n) is 15.4. The van der Waals surface area contributed by atoms with Crippen LogP contribution >= 0.6 is 11.3 Å². The topological polar surface area (TPSA) is 64.8 Å². The Morgan fingerprint density at radius 3 is 2.64 bits per heavy atom. The molecule has 0 saturated carbocycles. The van der Waals surface area contributed by atoms with Crippen molar-refractivity contribution >= 4 is 32.6 Å². The van der Waals surface area contributed by atoms with Crippen LogP contribution in [0.5, 0.6) is 11.5 Å². The maximum Gasteiger partial charge on any atom is 0.264 e. The molecule has 7 heteroatoms. The van der Waals surface area contributed by atoms with Gasteiger partial charge in [-0.15, -0.1) is 0 Å². The van der Waals surface area contributed by atoms with E-state index in [1.54, 1.807) is 42.5 Å². The van der Waals surface area contributed by atoms with Gasteiger partial charge >= 0.3 is 0 Å². The molecule has 4 aromatic rings. The molecule has 0 radical (unpaired) electrons. The average Bonchev–Trinajstić information content (AvgIpc) is 3.40. The van der Waals surface area contributed by atoms with Gasteiger partial charge in [-0.1, -0.05) is 29.5 Å². The Morgan fingerprint density at radius 2 is 1.93 bits per heavy atom. The Morgan fingerprint density at radius 1 is 1.07 bits per heavy atom. The lowest BCUT2D eigenvalue weighted by Gasteiger charge is -2.20. The fraction of sp³-hybridized carbons (Fsp3) is 0.143. The quantitative estimate of drug-likeness (QED) is 0.472. The van der Waals surface area contributed by atoms with Gasteiger partial charge in [0.15, 0.2) is 16.6 Å². The van der Waals surface area contributed by atoms with Crippen LogP contribution in [0.15, 0.2) is 65.3 Å². The van der Waals surface area contributed by atoms with E-state index in [-0.39, 0.29) is 12.5 Å². The second-order valence-electron chi connectivity index (χ2n) is 5.98. The molecule has 6 nitrogen and oxygen atoms in total. The second kappa shape index (κ2) is 7.74. The summed E-state index contributed by atoms with van der Waals surface area (Å²) in [6, 6.07) is 16.6. The van der Waals surface area contributed by atoms with Crippen LogP contribution in [0.4, 0.5) is 5.13 Å². The molecule has 1 amide bonds. The highest BCUT2D eigenvalue weighted by atomic mass is 32.1. The van der Waals surface area contributed by atoms with Crippen LogP contribution in [0.25, 0.3) is 10.2 Å². The van der Waals surface area contributed by atoms with E-state index in [9.17, 15) is 4.79 Å². The number of carbonyl (C=O) groups excluding carboxylic acids is 1. The van der Waals surface area contributed by atoms with Crippen molar-refractivity contribution in [2.75, 3.05) is 19.1 Å². The van der Waals surface area contributed by atoms with Gasteiger partial charge in [0.25, 0.3) is 5.91 Å². The first-order chi connectivity index (χ1) is 13.7. The number of para-hydroxylation sites is 2. The van der Waals surface area contributed by atoms with Crippen molar-refractivity contribution in [3.63, 3.8) is 0 Å². The van der Waals surface area contributed by atoms with Gasteiger partial charge in [0, 0.05) is 0 Å². The predicted molar refractivity (Wildman–Crippen MR) is 108 cm³/mol. The fourth-order valence-corrected chi connectivity index (χ4v) is 3.92. The Bertz CT molecular complexity index is 1070. The van der Waals surface area contributed by atoms with E-state index < -0.39 is 0 Å². The summed E-state index contributed by atoms with van der Waals surface area (Å²) in [6.07, 6.45) is 1.59. The third kappa shape index (κ3) is 3.32. The summed E-state index contributed by atoms with van der Waals surface area (Å²) in [5.74, 6) is 1.30. The standard InChI is InChI=1S/C21H18N2O4S/c1-25-17-10-5-8-15(19(17)26-2)20(24)23(13-14-7-6-12-27-14)21-22-16-9-3-4-11-18(16)28-21/h3-12H,13H2,1-2H3. The van der Waals surface area contributed by atoms with Crippen molar-refractivity contribution in [2.24, 2.45) is 0 Å². The minimum Gasteiger partial charge on any atom is -0.493 e. The molecule has 0 saturated heterocycles. The van der Waals surface area contributed by atoms with Gasteiger partial charge in [-0.05, 0) is 36.4 Å². The van der Waals surface area contributed by atoms with Gasteiger partial charge in [-0.2, -0.15) is 0 Å². The number of amides is 1. The summed E-state index contributed by atoms with van der Waals surface area (Å²) < 4.78 is 17.3. The van der Waals surface area contributed by atoms with Crippen LogP contribution < -0.4 is 14.4 Å². The summed E-state index contributed by atoms with van der Waals surface area (Å²) in [5, 5.41) is 0.590. The van der Waals surface area contributed by atoms with E-state index in [2.05, 4.69) is 4.98 Å². The number of methoxy groups -OCH3 is 2. The van der Waals surface area contributed by atoms with E-state index >= 15 is 0 Å². The summed E-state index contributed by atoms with van der Waals surface area (Å²) in [7, 11) is 3.06. The highest BCUT2D eigenvalue weighted by Gasteiger charge is 2.26. The molecule has 4 rings (SSSR count). The van der Waals surface area contributed by atoms with Crippen molar-refractivity contribution in [3.8, 4) is 11.5 Å². The van der Waals surface area contributed by atoms with Gasteiger partial charge < -0.3 is 13.9 Å². The third-order valence-corrected chi connectivity index (χ3v) is 5.35. The van der Waals surface area contributed by atoms with Crippen molar-refractivity contribution < 1.29 is 18.7 Å². The molecule has 0 unspecified atom stereocenters. The van der Waals surface area contributed by atoms with Gasteiger partial charge in [0.05, 0.1) is 42.8 Å². The molecule has 0 atom stereocenters. The Labute approximate surface area is 165 Å². The molecule has 0 fully saturated rings. The molecule has 28 heavy (non-hydrogen) atoms. The molecule has 0 aliphatic heterocycles. The normalized spacial score (nSPS) is 10.8. The third-order valence-electron chi connectivity index (χ3n) is 4.29. The van der Waals surface area contributed by atoms with E-state index in [1.807, 2.05) is 30.3 Å². The molecule has 142 valence electrons. The van der Waals surface area contributed by atoms with Crippen LogP contribution in [0.3, 0.4) is 0 Å². The summed E-state index contributed by atoms with van der Waals surface area (Å²) in [4.78, 5) is 19.8. The lowest BCUT2D eigenvalue weighted by atomic mass is 10.1. The van der Waals surface area contributed by atoms with Crippen LogP contribution in [0, 0.1) is 0 Å². The molecule has 0 bridgehead atoms. The number of furan rings is 1. The first kappa shape index (κ1) is 18.1. The number of anilines is 1. The van der Waals surface area contributed by atoms with Crippen molar-refractivity contribution in [3.05, 3.63) is 72.2 Å². The minimum atomic E-state index is -0.244. The number of carbonyl (C=O) groups is 1. The van der Waals surface area contributed by atoms with E-state index in [0.29, 0.717) is 28.0 Å². The lowest BCUT2D eigenvalue weighted by Crippen LogP contribution is -2.30. The van der Waals surface area contributed by atoms with Gasteiger partial charge in [0.2, 0.25) is 0 Å². The minimum absolute atomic E-state index is 0.244. The lowest BCUT2D eigenvalue weighted by molar-refractivity contribution is 0.0979. The SMILES string of the molecule is COc1cccc(C(=O)N(Cc2ccco2)c2nc3ccccc3s2)c1OC. The highest BCUT2D eigenvalue weighted by Crippen LogP contribution is 2.35. The largest absolute Gasteiger partial charge is 0.493 e. The molecular weight excluding hydrogens is 376 g/mol. The number of hydrogen-bond acceptors (Lipinski definition) is 6. The molecular formula is C21H18N2O4S. The number of fused-ring (bicyclic) bond motifs is 1. The highest BCUT2D eigenvalue weighted by molar-refractivity contribution is 7.22.